The SMILES string of the molecule is c1cc(N2CCOC3(CC3)C2)c2c(n1)Nc1cc(C3CCN(C4CNC4)CC3)ccc1OC2. The van der Waals surface area contributed by atoms with Gasteiger partial charge in [0.05, 0.1) is 23.5 Å². The minimum absolute atomic E-state index is 0.0933. The molecular weight excluding hydrogens is 414 g/mol. The summed E-state index contributed by atoms with van der Waals surface area (Å²) in [4.78, 5) is 9.84. The summed E-state index contributed by atoms with van der Waals surface area (Å²) in [7, 11) is 0. The van der Waals surface area contributed by atoms with Crippen LogP contribution in [-0.4, -0.2) is 67.4 Å². The zero-order valence-corrected chi connectivity index (χ0v) is 19.2. The molecule has 2 aromatic rings. The van der Waals surface area contributed by atoms with Gasteiger partial charge in [0, 0.05) is 44.1 Å². The van der Waals surface area contributed by atoms with E-state index >= 15 is 0 Å². The highest BCUT2D eigenvalue weighted by Gasteiger charge is 2.47. The van der Waals surface area contributed by atoms with Gasteiger partial charge in [-0.25, -0.2) is 4.98 Å². The molecule has 33 heavy (non-hydrogen) atoms. The fourth-order valence-electron chi connectivity index (χ4n) is 5.95. The summed E-state index contributed by atoms with van der Waals surface area (Å²) in [6.45, 7) is 7.94. The van der Waals surface area contributed by atoms with E-state index in [4.69, 9.17) is 14.5 Å². The number of piperidine rings is 1. The van der Waals surface area contributed by atoms with Crippen LogP contribution in [0.4, 0.5) is 17.2 Å². The molecule has 0 radical (unpaired) electrons. The van der Waals surface area contributed by atoms with Crippen molar-refractivity contribution >= 4 is 17.2 Å². The monoisotopic (exact) mass is 447 g/mol. The molecule has 7 rings (SSSR count). The van der Waals surface area contributed by atoms with Crippen LogP contribution in [0.25, 0.3) is 0 Å². The van der Waals surface area contributed by atoms with E-state index < -0.39 is 0 Å². The van der Waals surface area contributed by atoms with E-state index in [1.807, 2.05) is 6.20 Å². The molecule has 1 saturated carbocycles. The summed E-state index contributed by atoms with van der Waals surface area (Å²) in [5.74, 6) is 2.46. The topological polar surface area (TPSA) is 61.9 Å². The van der Waals surface area contributed by atoms with Crippen LogP contribution < -0.4 is 20.3 Å². The molecule has 0 bridgehead atoms. The second-order valence-electron chi connectivity index (χ2n) is 10.4. The van der Waals surface area contributed by atoms with Crippen LogP contribution in [0.1, 0.15) is 42.7 Å². The molecular formula is C26H33N5O2. The number of rotatable bonds is 3. The van der Waals surface area contributed by atoms with E-state index in [2.05, 4.69) is 44.7 Å². The van der Waals surface area contributed by atoms with Gasteiger partial charge in [-0.3, -0.25) is 4.90 Å². The summed E-state index contributed by atoms with van der Waals surface area (Å²) in [5, 5.41) is 7.03. The van der Waals surface area contributed by atoms with Crippen molar-refractivity contribution in [3.8, 4) is 5.75 Å². The van der Waals surface area contributed by atoms with E-state index in [0.29, 0.717) is 12.5 Å². The van der Waals surface area contributed by atoms with E-state index in [1.54, 1.807) is 0 Å². The van der Waals surface area contributed by atoms with Crippen LogP contribution in [0.2, 0.25) is 0 Å². The lowest BCUT2D eigenvalue weighted by molar-refractivity contribution is 0.0205. The van der Waals surface area contributed by atoms with Gasteiger partial charge in [0.2, 0.25) is 0 Å². The molecule has 2 N–H and O–H groups in total. The first-order valence-corrected chi connectivity index (χ1v) is 12.6. The van der Waals surface area contributed by atoms with Crippen molar-refractivity contribution in [1.82, 2.24) is 15.2 Å². The van der Waals surface area contributed by atoms with Crippen molar-refractivity contribution in [2.75, 3.05) is 56.1 Å². The highest BCUT2D eigenvalue weighted by atomic mass is 16.5. The zero-order valence-electron chi connectivity index (χ0n) is 19.2. The van der Waals surface area contributed by atoms with Crippen LogP contribution in [0, 0.1) is 0 Å². The molecule has 1 aromatic carbocycles. The first-order chi connectivity index (χ1) is 16.3. The van der Waals surface area contributed by atoms with Gasteiger partial charge in [0.25, 0.3) is 0 Å². The molecule has 1 spiro atoms. The van der Waals surface area contributed by atoms with Gasteiger partial charge >= 0.3 is 0 Å². The third kappa shape index (κ3) is 3.66. The molecule has 1 aliphatic carbocycles. The van der Waals surface area contributed by atoms with Gasteiger partial charge < -0.3 is 25.0 Å². The number of morpholine rings is 1. The number of benzene rings is 1. The molecule has 4 aliphatic heterocycles. The Labute approximate surface area is 195 Å². The van der Waals surface area contributed by atoms with E-state index in [-0.39, 0.29) is 5.60 Å². The van der Waals surface area contributed by atoms with E-state index in [9.17, 15) is 0 Å². The summed E-state index contributed by atoms with van der Waals surface area (Å²) >= 11 is 0. The van der Waals surface area contributed by atoms with Gasteiger partial charge in [0.1, 0.15) is 18.2 Å². The summed E-state index contributed by atoms with van der Waals surface area (Å²) < 4.78 is 12.3. The average molecular weight is 448 g/mol. The first-order valence-electron chi connectivity index (χ1n) is 12.6. The Hall–Kier alpha value is -2.35. The second-order valence-corrected chi connectivity index (χ2v) is 10.4. The van der Waals surface area contributed by atoms with Gasteiger partial charge in [-0.05, 0) is 68.5 Å². The van der Waals surface area contributed by atoms with Crippen molar-refractivity contribution in [3.63, 3.8) is 0 Å². The number of fused-ring (bicyclic) bond motifs is 2. The molecule has 1 aromatic heterocycles. The number of hydrogen-bond donors (Lipinski definition) is 2. The van der Waals surface area contributed by atoms with Crippen LogP contribution in [0.3, 0.4) is 0 Å². The van der Waals surface area contributed by atoms with Gasteiger partial charge in [-0.15, -0.1) is 0 Å². The third-order valence-electron chi connectivity index (χ3n) is 8.33. The molecule has 174 valence electrons. The number of ether oxygens (including phenoxy) is 2. The number of anilines is 3. The molecule has 7 heteroatoms. The number of hydrogen-bond acceptors (Lipinski definition) is 7. The minimum atomic E-state index is 0.0933. The molecule has 5 aliphatic rings. The largest absolute Gasteiger partial charge is 0.487 e. The Balaban J connectivity index is 1.11. The number of nitrogens with one attached hydrogen (secondary N) is 2. The number of nitrogens with zero attached hydrogens (tertiary/aromatic N) is 3. The molecule has 0 unspecified atom stereocenters. The van der Waals surface area contributed by atoms with Crippen LogP contribution in [0.5, 0.6) is 5.75 Å². The Bertz CT molecular complexity index is 1040. The van der Waals surface area contributed by atoms with Crippen molar-refractivity contribution in [3.05, 3.63) is 41.6 Å². The standard InChI is InChI=1S/C26H33N5O2/c1-2-24-22(13-19(1)18-4-9-30(10-5-18)20-14-27-15-20)29-25-21(16-32-24)23(3-8-28-25)31-11-12-33-26(17-31)6-7-26/h1-3,8,13,18,20,27H,4-7,9-12,14-17H2,(H,28,29). The third-order valence-corrected chi connectivity index (χ3v) is 8.33. The average Bonchev–Trinajstić information content (AvgIpc) is 3.59. The second kappa shape index (κ2) is 7.86. The Morgan fingerprint density at radius 3 is 2.73 bits per heavy atom. The lowest BCUT2D eigenvalue weighted by atomic mass is 9.88. The molecule has 3 saturated heterocycles. The molecule has 7 nitrogen and oxygen atoms in total. The maximum atomic E-state index is 6.31. The Morgan fingerprint density at radius 2 is 1.94 bits per heavy atom. The van der Waals surface area contributed by atoms with Crippen LogP contribution >= 0.6 is 0 Å². The lowest BCUT2D eigenvalue weighted by Gasteiger charge is -2.42. The van der Waals surface area contributed by atoms with Crippen molar-refractivity contribution in [1.29, 1.82) is 0 Å². The van der Waals surface area contributed by atoms with Gasteiger partial charge in [-0.1, -0.05) is 6.07 Å². The van der Waals surface area contributed by atoms with Gasteiger partial charge in [0.15, 0.2) is 0 Å². The first kappa shape index (κ1) is 20.1. The summed E-state index contributed by atoms with van der Waals surface area (Å²) in [5.41, 5.74) is 4.93. The van der Waals surface area contributed by atoms with E-state index in [0.717, 1.165) is 61.6 Å². The molecule has 0 atom stereocenters. The number of likely N-dealkylation sites (tertiary alicyclic amines) is 1. The normalized spacial score (nSPS) is 24.8. The zero-order chi connectivity index (χ0) is 21.8. The molecule has 0 amide bonds. The fraction of sp³-hybridized carbons (Fsp3) is 0.577. The maximum Gasteiger partial charge on any atom is 0.143 e. The highest BCUT2D eigenvalue weighted by Crippen LogP contribution is 2.45. The predicted octanol–water partition coefficient (Wildman–Crippen LogP) is 3.24. The summed E-state index contributed by atoms with van der Waals surface area (Å²) in [6.07, 6.45) is 6.74. The van der Waals surface area contributed by atoms with Crippen LogP contribution in [0.15, 0.2) is 30.5 Å². The summed E-state index contributed by atoms with van der Waals surface area (Å²) in [6, 6.07) is 9.62. The Kier molecular flexibility index (Phi) is 4.78. The van der Waals surface area contributed by atoms with Crippen molar-refractivity contribution < 1.29 is 9.47 Å². The quantitative estimate of drug-likeness (QED) is 0.749. The smallest absolute Gasteiger partial charge is 0.143 e. The van der Waals surface area contributed by atoms with E-state index in [1.165, 1.54) is 50.0 Å². The predicted molar refractivity (Wildman–Crippen MR) is 129 cm³/mol. The van der Waals surface area contributed by atoms with Crippen molar-refractivity contribution in [2.24, 2.45) is 0 Å². The van der Waals surface area contributed by atoms with Crippen molar-refractivity contribution in [2.45, 2.75) is 49.9 Å². The highest BCUT2D eigenvalue weighted by molar-refractivity contribution is 5.73. The van der Waals surface area contributed by atoms with Crippen LogP contribution in [-0.2, 0) is 11.3 Å². The minimum Gasteiger partial charge on any atom is -0.487 e. The number of aromatic nitrogens is 1. The number of pyridine rings is 1. The van der Waals surface area contributed by atoms with Gasteiger partial charge in [-0.2, -0.15) is 0 Å². The fourth-order valence-corrected chi connectivity index (χ4v) is 5.95. The molecule has 4 fully saturated rings. The molecule has 5 heterocycles. The lowest BCUT2D eigenvalue weighted by Crippen LogP contribution is -2.58. The Morgan fingerprint density at radius 1 is 1.06 bits per heavy atom. The maximum absolute atomic E-state index is 6.31.